The predicted molar refractivity (Wildman–Crippen MR) is 84.9 cm³/mol. The average molecular weight is 311 g/mol. The minimum absolute atomic E-state index is 0.0624. The summed E-state index contributed by atoms with van der Waals surface area (Å²) in [6.07, 6.45) is 0. The van der Waals surface area contributed by atoms with Crippen LogP contribution in [0.5, 0.6) is 0 Å². The second kappa shape index (κ2) is 5.52. The number of hydrogen-bond donors (Lipinski definition) is 2. The molecule has 3 rings (SSSR count). The monoisotopic (exact) mass is 311 g/mol. The molecule has 118 valence electrons. The van der Waals surface area contributed by atoms with Crippen LogP contribution in [0, 0.1) is 0 Å². The fourth-order valence-electron chi connectivity index (χ4n) is 2.84. The van der Waals surface area contributed by atoms with Crippen molar-refractivity contribution in [3.63, 3.8) is 0 Å². The summed E-state index contributed by atoms with van der Waals surface area (Å²) in [5.41, 5.74) is 7.81. The van der Waals surface area contributed by atoms with E-state index in [0.29, 0.717) is 0 Å². The van der Waals surface area contributed by atoms with E-state index in [9.17, 15) is 9.59 Å². The van der Waals surface area contributed by atoms with Crippen LogP contribution in [0.15, 0.2) is 48.5 Å². The van der Waals surface area contributed by atoms with Crippen molar-refractivity contribution in [3.05, 3.63) is 59.7 Å². The fraction of sp³-hybridized carbons (Fsp3) is 0.222. The van der Waals surface area contributed by atoms with Crippen LogP contribution in [-0.4, -0.2) is 29.2 Å². The molecule has 1 aliphatic rings. The predicted octanol–water partition coefficient (Wildman–Crippen LogP) is 2.14. The van der Waals surface area contributed by atoms with Gasteiger partial charge in [0.15, 0.2) is 0 Å². The standard InChI is InChI=1S/C18H17NO4/c1-18(19,16(20)21)17(22)23-10-15-13-8-4-2-6-11(13)12-7-3-5-9-14(12)15/h2-9,15H,10,19H2,1H3,(H,20,21)/t18-/m0/s1. The zero-order valence-electron chi connectivity index (χ0n) is 12.7. The lowest BCUT2D eigenvalue weighted by Gasteiger charge is -2.20. The molecular formula is C18H17NO4. The van der Waals surface area contributed by atoms with Crippen molar-refractivity contribution in [2.75, 3.05) is 6.61 Å². The number of carboxylic acid groups (broad SMARTS) is 1. The number of esters is 1. The number of carbonyl (C=O) groups excluding carboxylic acids is 1. The van der Waals surface area contributed by atoms with Gasteiger partial charge in [0.1, 0.15) is 6.61 Å². The summed E-state index contributed by atoms with van der Waals surface area (Å²) in [4.78, 5) is 23.0. The number of ether oxygens (including phenoxy) is 1. The minimum Gasteiger partial charge on any atom is -0.479 e. The van der Waals surface area contributed by atoms with E-state index < -0.39 is 17.5 Å². The highest BCUT2D eigenvalue weighted by atomic mass is 16.5. The smallest absolute Gasteiger partial charge is 0.337 e. The Morgan fingerprint density at radius 3 is 2.04 bits per heavy atom. The topological polar surface area (TPSA) is 89.6 Å². The quantitative estimate of drug-likeness (QED) is 0.667. The Hall–Kier alpha value is -2.66. The second-order valence-electron chi connectivity index (χ2n) is 5.83. The summed E-state index contributed by atoms with van der Waals surface area (Å²) in [6.45, 7) is 1.20. The van der Waals surface area contributed by atoms with Crippen LogP contribution >= 0.6 is 0 Å². The maximum atomic E-state index is 12.0. The molecule has 0 bridgehead atoms. The lowest BCUT2D eigenvalue weighted by Crippen LogP contribution is -2.53. The Morgan fingerprint density at radius 1 is 1.09 bits per heavy atom. The number of benzene rings is 2. The molecule has 3 N–H and O–H groups in total. The molecular weight excluding hydrogens is 294 g/mol. The third kappa shape index (κ3) is 2.49. The van der Waals surface area contributed by atoms with Crippen LogP contribution in [-0.2, 0) is 14.3 Å². The Morgan fingerprint density at radius 2 is 1.57 bits per heavy atom. The third-order valence-electron chi connectivity index (χ3n) is 4.21. The number of carboxylic acids is 1. The first-order chi connectivity index (χ1) is 10.9. The molecule has 1 aliphatic carbocycles. The van der Waals surface area contributed by atoms with Gasteiger partial charge >= 0.3 is 11.9 Å². The number of fused-ring (bicyclic) bond motifs is 3. The molecule has 0 radical (unpaired) electrons. The molecule has 0 spiro atoms. The molecule has 0 aliphatic heterocycles. The van der Waals surface area contributed by atoms with E-state index in [1.807, 2.05) is 48.5 Å². The van der Waals surface area contributed by atoms with Gasteiger partial charge in [0.2, 0.25) is 5.54 Å². The highest BCUT2D eigenvalue weighted by Crippen LogP contribution is 2.44. The Bertz CT molecular complexity index is 737. The first kappa shape index (κ1) is 15.2. The van der Waals surface area contributed by atoms with E-state index in [-0.39, 0.29) is 12.5 Å². The molecule has 5 heteroatoms. The van der Waals surface area contributed by atoms with Gasteiger partial charge in [-0.15, -0.1) is 0 Å². The SMILES string of the molecule is C[C@](N)(C(=O)O)C(=O)OCC1c2ccccc2-c2ccccc21. The fourth-order valence-corrected chi connectivity index (χ4v) is 2.84. The van der Waals surface area contributed by atoms with Crippen molar-refractivity contribution in [2.24, 2.45) is 5.73 Å². The molecule has 5 nitrogen and oxygen atoms in total. The Labute approximate surface area is 133 Å². The highest BCUT2D eigenvalue weighted by Gasteiger charge is 2.39. The van der Waals surface area contributed by atoms with Crippen molar-refractivity contribution in [1.29, 1.82) is 0 Å². The number of aliphatic carboxylic acids is 1. The maximum Gasteiger partial charge on any atom is 0.337 e. The number of rotatable bonds is 4. The average Bonchev–Trinajstić information content (AvgIpc) is 2.86. The Kier molecular flexibility index (Phi) is 3.66. The molecule has 0 heterocycles. The minimum atomic E-state index is -2.04. The van der Waals surface area contributed by atoms with Crippen LogP contribution in [0.3, 0.4) is 0 Å². The van der Waals surface area contributed by atoms with Gasteiger partial charge < -0.3 is 15.6 Å². The van der Waals surface area contributed by atoms with E-state index in [1.165, 1.54) is 0 Å². The van der Waals surface area contributed by atoms with Gasteiger partial charge in [-0.05, 0) is 29.2 Å². The normalized spacial score (nSPS) is 15.4. The Balaban J connectivity index is 1.87. The van der Waals surface area contributed by atoms with Gasteiger partial charge in [0.05, 0.1) is 0 Å². The number of hydrogen-bond acceptors (Lipinski definition) is 4. The first-order valence-electron chi connectivity index (χ1n) is 7.30. The molecule has 2 aromatic rings. The van der Waals surface area contributed by atoms with Crippen LogP contribution < -0.4 is 5.73 Å². The van der Waals surface area contributed by atoms with Crippen molar-refractivity contribution in [1.82, 2.24) is 0 Å². The molecule has 0 fully saturated rings. The second-order valence-corrected chi connectivity index (χ2v) is 5.83. The molecule has 0 aromatic heterocycles. The summed E-state index contributed by atoms with van der Waals surface area (Å²) in [6, 6.07) is 15.8. The van der Waals surface area contributed by atoms with Crippen molar-refractivity contribution in [2.45, 2.75) is 18.4 Å². The van der Waals surface area contributed by atoms with Crippen LogP contribution in [0.2, 0.25) is 0 Å². The summed E-state index contributed by atoms with van der Waals surface area (Å²) in [5, 5.41) is 8.99. The molecule has 2 aromatic carbocycles. The molecule has 0 unspecified atom stereocenters. The lowest BCUT2D eigenvalue weighted by molar-refractivity contribution is -0.160. The molecule has 1 atom stereocenters. The van der Waals surface area contributed by atoms with Gasteiger partial charge in [-0.3, -0.25) is 0 Å². The van der Waals surface area contributed by atoms with E-state index in [1.54, 1.807) is 0 Å². The van der Waals surface area contributed by atoms with Gasteiger partial charge in [-0.1, -0.05) is 48.5 Å². The summed E-state index contributed by atoms with van der Waals surface area (Å²) in [7, 11) is 0. The number of nitrogens with two attached hydrogens (primary N) is 1. The van der Waals surface area contributed by atoms with Crippen LogP contribution in [0.1, 0.15) is 24.0 Å². The van der Waals surface area contributed by atoms with E-state index in [4.69, 9.17) is 15.6 Å². The molecule has 0 saturated heterocycles. The lowest BCUT2D eigenvalue weighted by atomic mass is 9.98. The maximum absolute atomic E-state index is 12.0. The van der Waals surface area contributed by atoms with Gasteiger partial charge in [0, 0.05) is 5.92 Å². The van der Waals surface area contributed by atoms with Crippen molar-refractivity contribution < 1.29 is 19.4 Å². The van der Waals surface area contributed by atoms with E-state index >= 15 is 0 Å². The highest BCUT2D eigenvalue weighted by molar-refractivity contribution is 6.03. The van der Waals surface area contributed by atoms with Crippen molar-refractivity contribution in [3.8, 4) is 11.1 Å². The third-order valence-corrected chi connectivity index (χ3v) is 4.21. The molecule has 0 saturated carbocycles. The largest absolute Gasteiger partial charge is 0.479 e. The molecule has 0 amide bonds. The first-order valence-corrected chi connectivity index (χ1v) is 7.30. The number of carbonyl (C=O) groups is 2. The van der Waals surface area contributed by atoms with Gasteiger partial charge in [-0.25, -0.2) is 9.59 Å². The summed E-state index contributed by atoms with van der Waals surface area (Å²) < 4.78 is 5.22. The summed E-state index contributed by atoms with van der Waals surface area (Å²) >= 11 is 0. The van der Waals surface area contributed by atoms with E-state index in [2.05, 4.69) is 0 Å². The molecule has 23 heavy (non-hydrogen) atoms. The van der Waals surface area contributed by atoms with Crippen LogP contribution in [0.4, 0.5) is 0 Å². The summed E-state index contributed by atoms with van der Waals surface area (Å²) in [5.74, 6) is -2.46. The van der Waals surface area contributed by atoms with Gasteiger partial charge in [0.25, 0.3) is 0 Å². The van der Waals surface area contributed by atoms with Crippen LogP contribution in [0.25, 0.3) is 11.1 Å². The zero-order chi connectivity index (χ0) is 16.6. The van der Waals surface area contributed by atoms with E-state index in [0.717, 1.165) is 29.2 Å². The van der Waals surface area contributed by atoms with Crippen molar-refractivity contribution >= 4 is 11.9 Å². The van der Waals surface area contributed by atoms with Gasteiger partial charge in [-0.2, -0.15) is 0 Å². The zero-order valence-corrected chi connectivity index (χ0v) is 12.7.